The Hall–Kier alpha value is -1.51. The van der Waals surface area contributed by atoms with Crippen LogP contribution in [-0.2, 0) is 4.79 Å². The van der Waals surface area contributed by atoms with Crippen LogP contribution in [0.1, 0.15) is 44.6 Å². The van der Waals surface area contributed by atoms with Gasteiger partial charge in [-0.25, -0.2) is 0 Å². The molecule has 0 heterocycles. The summed E-state index contributed by atoms with van der Waals surface area (Å²) in [6, 6.07) is 8.59. The molecule has 0 aliphatic heterocycles. The van der Waals surface area contributed by atoms with Crippen LogP contribution in [0.25, 0.3) is 0 Å². The second kappa shape index (κ2) is 6.78. The molecule has 0 saturated heterocycles. The first-order chi connectivity index (χ1) is 9.60. The zero-order chi connectivity index (χ0) is 14.5. The molecule has 2 atom stereocenters. The van der Waals surface area contributed by atoms with E-state index in [9.17, 15) is 9.90 Å². The molecule has 1 aliphatic rings. The van der Waals surface area contributed by atoms with Crippen LogP contribution in [-0.4, -0.2) is 23.7 Å². The third-order valence-electron chi connectivity index (χ3n) is 4.44. The van der Waals surface area contributed by atoms with E-state index in [-0.39, 0.29) is 6.54 Å². The van der Waals surface area contributed by atoms with Gasteiger partial charge in [0.15, 0.2) is 0 Å². The molecule has 1 saturated carbocycles. The number of hydrogen-bond donors (Lipinski definition) is 1. The molecule has 1 aliphatic carbocycles. The van der Waals surface area contributed by atoms with E-state index >= 15 is 0 Å². The predicted molar refractivity (Wildman–Crippen MR) is 82.2 cm³/mol. The number of nitrogens with zero attached hydrogens (tertiary/aromatic N) is 1. The second-order valence-electron chi connectivity index (χ2n) is 5.95. The first-order valence-electron chi connectivity index (χ1n) is 7.65. The van der Waals surface area contributed by atoms with Crippen LogP contribution in [0.2, 0.25) is 0 Å². The van der Waals surface area contributed by atoms with Crippen LogP contribution in [0, 0.1) is 12.8 Å². The van der Waals surface area contributed by atoms with Gasteiger partial charge in [-0.3, -0.25) is 4.79 Å². The van der Waals surface area contributed by atoms with E-state index in [1.54, 1.807) is 0 Å². The summed E-state index contributed by atoms with van der Waals surface area (Å²) >= 11 is 0. The summed E-state index contributed by atoms with van der Waals surface area (Å²) in [5.41, 5.74) is 2.25. The number of carbonyl (C=O) groups is 1. The highest BCUT2D eigenvalue weighted by Crippen LogP contribution is 2.32. The molecule has 0 amide bonds. The maximum absolute atomic E-state index is 11.2. The van der Waals surface area contributed by atoms with E-state index in [0.717, 1.165) is 24.4 Å². The fourth-order valence-electron chi connectivity index (χ4n) is 3.23. The maximum atomic E-state index is 11.2. The zero-order valence-electron chi connectivity index (χ0n) is 12.5. The largest absolute Gasteiger partial charge is 0.480 e. The number of aliphatic carboxylic acids is 1. The topological polar surface area (TPSA) is 40.5 Å². The van der Waals surface area contributed by atoms with Crippen LogP contribution in [0.15, 0.2) is 24.3 Å². The number of carboxylic acid groups (broad SMARTS) is 1. The lowest BCUT2D eigenvalue weighted by molar-refractivity contribution is -0.135. The Labute approximate surface area is 121 Å². The van der Waals surface area contributed by atoms with Crippen molar-refractivity contribution < 1.29 is 9.90 Å². The summed E-state index contributed by atoms with van der Waals surface area (Å²) in [4.78, 5) is 13.3. The average Bonchev–Trinajstić information content (AvgIpc) is 2.46. The van der Waals surface area contributed by atoms with Crippen molar-refractivity contribution in [2.75, 3.05) is 11.4 Å². The number of anilines is 1. The van der Waals surface area contributed by atoms with Crippen molar-refractivity contribution in [2.45, 2.75) is 52.0 Å². The van der Waals surface area contributed by atoms with Crippen molar-refractivity contribution in [3.63, 3.8) is 0 Å². The van der Waals surface area contributed by atoms with Gasteiger partial charge in [-0.05, 0) is 37.8 Å². The number of aryl methyl sites for hydroxylation is 1. The third kappa shape index (κ3) is 3.75. The minimum Gasteiger partial charge on any atom is -0.480 e. The number of hydrogen-bond acceptors (Lipinski definition) is 2. The van der Waals surface area contributed by atoms with Gasteiger partial charge in [-0.2, -0.15) is 0 Å². The molecule has 1 aromatic carbocycles. The van der Waals surface area contributed by atoms with E-state index in [4.69, 9.17) is 0 Å². The van der Waals surface area contributed by atoms with Crippen LogP contribution in [0.4, 0.5) is 5.69 Å². The summed E-state index contributed by atoms with van der Waals surface area (Å²) < 4.78 is 0. The standard InChI is InChI=1S/C17H25NO2/c1-3-14-5-4-6-16(11-14)18(12-17(19)20)15-9-7-13(2)8-10-15/h7-10,14,16H,3-6,11-12H2,1-2H3,(H,19,20). The summed E-state index contributed by atoms with van der Waals surface area (Å²) in [7, 11) is 0. The van der Waals surface area contributed by atoms with Gasteiger partial charge in [0, 0.05) is 11.7 Å². The number of benzene rings is 1. The minimum absolute atomic E-state index is 0.101. The van der Waals surface area contributed by atoms with Crippen LogP contribution < -0.4 is 4.90 Å². The van der Waals surface area contributed by atoms with E-state index in [1.165, 1.54) is 24.8 Å². The maximum Gasteiger partial charge on any atom is 0.323 e. The molecule has 1 fully saturated rings. The van der Waals surface area contributed by atoms with E-state index < -0.39 is 5.97 Å². The van der Waals surface area contributed by atoms with Gasteiger partial charge in [-0.15, -0.1) is 0 Å². The lowest BCUT2D eigenvalue weighted by atomic mass is 9.83. The van der Waals surface area contributed by atoms with Crippen LogP contribution in [0.3, 0.4) is 0 Å². The predicted octanol–water partition coefficient (Wildman–Crippen LogP) is 3.85. The molecule has 0 aromatic heterocycles. The van der Waals surface area contributed by atoms with Crippen molar-refractivity contribution in [1.29, 1.82) is 0 Å². The molecule has 110 valence electrons. The van der Waals surface area contributed by atoms with Gasteiger partial charge in [0.2, 0.25) is 0 Å². The molecule has 2 unspecified atom stereocenters. The smallest absolute Gasteiger partial charge is 0.323 e. The monoisotopic (exact) mass is 275 g/mol. The number of carboxylic acids is 1. The molecule has 3 nitrogen and oxygen atoms in total. The average molecular weight is 275 g/mol. The summed E-state index contributed by atoms with van der Waals surface area (Å²) in [5, 5.41) is 9.21. The Kier molecular flexibility index (Phi) is 5.05. The Balaban J connectivity index is 2.18. The first-order valence-corrected chi connectivity index (χ1v) is 7.65. The molecule has 0 spiro atoms. The van der Waals surface area contributed by atoms with Crippen LogP contribution in [0.5, 0.6) is 0 Å². The highest BCUT2D eigenvalue weighted by molar-refractivity contribution is 5.74. The fourth-order valence-corrected chi connectivity index (χ4v) is 3.23. The van der Waals surface area contributed by atoms with Gasteiger partial charge in [0.25, 0.3) is 0 Å². The Morgan fingerprint density at radius 3 is 2.60 bits per heavy atom. The SMILES string of the molecule is CCC1CCCC(N(CC(=O)O)c2ccc(C)cc2)C1. The Morgan fingerprint density at radius 2 is 2.00 bits per heavy atom. The number of rotatable bonds is 5. The summed E-state index contributed by atoms with van der Waals surface area (Å²) in [5.74, 6) is -0.000287. The molecule has 0 bridgehead atoms. The third-order valence-corrected chi connectivity index (χ3v) is 4.44. The molecule has 20 heavy (non-hydrogen) atoms. The van der Waals surface area contributed by atoms with Crippen molar-refractivity contribution in [3.8, 4) is 0 Å². The summed E-state index contributed by atoms with van der Waals surface area (Å²) in [6.45, 7) is 4.39. The normalized spacial score (nSPS) is 22.5. The quantitative estimate of drug-likeness (QED) is 0.887. The highest BCUT2D eigenvalue weighted by atomic mass is 16.4. The van der Waals surface area contributed by atoms with Crippen molar-refractivity contribution in [1.82, 2.24) is 0 Å². The molecule has 1 aromatic rings. The molecule has 3 heteroatoms. The molecule has 2 rings (SSSR count). The van der Waals surface area contributed by atoms with Gasteiger partial charge in [-0.1, -0.05) is 43.9 Å². The lowest BCUT2D eigenvalue weighted by Crippen LogP contribution is -2.42. The minimum atomic E-state index is -0.746. The van der Waals surface area contributed by atoms with E-state index in [1.807, 2.05) is 12.1 Å². The Bertz CT molecular complexity index is 441. The fraction of sp³-hybridized carbons (Fsp3) is 0.588. The zero-order valence-corrected chi connectivity index (χ0v) is 12.5. The van der Waals surface area contributed by atoms with E-state index in [2.05, 4.69) is 30.9 Å². The van der Waals surface area contributed by atoms with Crippen molar-refractivity contribution >= 4 is 11.7 Å². The first kappa shape index (κ1) is 14.9. The molecular formula is C17H25NO2. The van der Waals surface area contributed by atoms with Crippen LogP contribution >= 0.6 is 0 Å². The molecule has 1 N–H and O–H groups in total. The summed E-state index contributed by atoms with van der Waals surface area (Å²) in [6.07, 6.45) is 5.94. The lowest BCUT2D eigenvalue weighted by Gasteiger charge is -2.38. The van der Waals surface area contributed by atoms with Crippen molar-refractivity contribution in [3.05, 3.63) is 29.8 Å². The van der Waals surface area contributed by atoms with Gasteiger partial charge in [0.05, 0.1) is 0 Å². The molecule has 0 radical (unpaired) electrons. The molecular weight excluding hydrogens is 250 g/mol. The second-order valence-corrected chi connectivity index (χ2v) is 5.95. The van der Waals surface area contributed by atoms with Gasteiger partial charge < -0.3 is 10.0 Å². The van der Waals surface area contributed by atoms with Gasteiger partial charge in [0.1, 0.15) is 6.54 Å². The van der Waals surface area contributed by atoms with E-state index in [0.29, 0.717) is 6.04 Å². The highest BCUT2D eigenvalue weighted by Gasteiger charge is 2.27. The van der Waals surface area contributed by atoms with Gasteiger partial charge >= 0.3 is 5.97 Å². The Morgan fingerprint density at radius 1 is 1.30 bits per heavy atom. The van der Waals surface area contributed by atoms with Crippen molar-refractivity contribution in [2.24, 2.45) is 5.92 Å².